The van der Waals surface area contributed by atoms with Crippen molar-refractivity contribution in [1.29, 1.82) is 0 Å². The van der Waals surface area contributed by atoms with Crippen LogP contribution in [0.2, 0.25) is 0 Å². The van der Waals surface area contributed by atoms with Gasteiger partial charge in [-0.25, -0.2) is 0 Å². The zero-order valence-corrected chi connectivity index (χ0v) is 15.5. The summed E-state index contributed by atoms with van der Waals surface area (Å²) in [7, 11) is 3.25. The first kappa shape index (κ1) is 20.2. The molecule has 0 saturated carbocycles. The summed E-state index contributed by atoms with van der Waals surface area (Å²) in [6, 6.07) is 13.0. The molecule has 144 valence electrons. The molecule has 0 aliphatic carbocycles. The number of nitrogens with one attached hydrogen (secondary N) is 1. The van der Waals surface area contributed by atoms with Crippen LogP contribution in [0.4, 0.5) is 11.4 Å². The number of nitro groups is 1. The van der Waals surface area contributed by atoms with Gasteiger partial charge in [-0.1, -0.05) is 18.2 Å². The molecule has 1 amide bonds. The number of para-hydroxylation sites is 1. The smallest absolute Gasteiger partial charge is 0.271 e. The monoisotopic (exact) mass is 373 g/mol. The highest BCUT2D eigenvalue weighted by molar-refractivity contribution is 5.96. The molecular formula is C19H23N3O5. The number of carbonyl (C=O) groups excluding carboxylic acids is 1. The van der Waals surface area contributed by atoms with Gasteiger partial charge in [-0.05, 0) is 32.2 Å². The van der Waals surface area contributed by atoms with Crippen molar-refractivity contribution in [2.24, 2.45) is 0 Å². The second-order valence-electron chi connectivity index (χ2n) is 5.95. The average Bonchev–Trinajstić information content (AvgIpc) is 2.67. The van der Waals surface area contributed by atoms with Gasteiger partial charge in [0, 0.05) is 18.7 Å². The molecule has 0 unspecified atom stereocenters. The number of benzene rings is 2. The molecule has 2 aromatic carbocycles. The van der Waals surface area contributed by atoms with Crippen LogP contribution in [-0.2, 0) is 4.79 Å². The third kappa shape index (κ3) is 5.68. The van der Waals surface area contributed by atoms with Gasteiger partial charge in [-0.3, -0.25) is 19.8 Å². The number of hydrogen-bond donors (Lipinski definition) is 1. The minimum atomic E-state index is -0.522. The van der Waals surface area contributed by atoms with Crippen LogP contribution < -0.4 is 14.8 Å². The molecule has 0 fully saturated rings. The van der Waals surface area contributed by atoms with E-state index in [1.54, 1.807) is 6.92 Å². The molecule has 8 nitrogen and oxygen atoms in total. The molecule has 2 rings (SSSR count). The minimum absolute atomic E-state index is 0.122. The van der Waals surface area contributed by atoms with E-state index in [4.69, 9.17) is 9.47 Å². The number of hydrogen-bond acceptors (Lipinski definition) is 6. The van der Waals surface area contributed by atoms with Gasteiger partial charge in [0.25, 0.3) is 5.69 Å². The third-order valence-electron chi connectivity index (χ3n) is 4.15. The third-order valence-corrected chi connectivity index (χ3v) is 4.15. The predicted octanol–water partition coefficient (Wildman–Crippen LogP) is 2.94. The average molecular weight is 373 g/mol. The van der Waals surface area contributed by atoms with Crippen LogP contribution >= 0.6 is 0 Å². The Morgan fingerprint density at radius 1 is 1.26 bits per heavy atom. The summed E-state index contributed by atoms with van der Waals surface area (Å²) in [5, 5.41) is 13.6. The van der Waals surface area contributed by atoms with Crippen LogP contribution in [0.3, 0.4) is 0 Å². The Morgan fingerprint density at radius 3 is 2.59 bits per heavy atom. The van der Waals surface area contributed by atoms with Crippen molar-refractivity contribution in [3.63, 3.8) is 0 Å². The maximum absolute atomic E-state index is 12.5. The number of nitrogens with zero attached hydrogens (tertiary/aromatic N) is 2. The molecule has 0 aliphatic heterocycles. The molecule has 0 spiro atoms. The Morgan fingerprint density at radius 2 is 1.96 bits per heavy atom. The molecule has 0 aromatic heterocycles. The van der Waals surface area contributed by atoms with Crippen LogP contribution in [0, 0.1) is 10.1 Å². The van der Waals surface area contributed by atoms with Gasteiger partial charge in [0.15, 0.2) is 0 Å². The molecule has 1 atom stereocenters. The maximum Gasteiger partial charge on any atom is 0.271 e. The number of likely N-dealkylation sites (N-methyl/N-ethyl adjacent to an activating group) is 1. The first-order valence-corrected chi connectivity index (χ1v) is 8.43. The summed E-state index contributed by atoms with van der Waals surface area (Å²) in [6.07, 6.45) is 0. The van der Waals surface area contributed by atoms with Crippen LogP contribution in [0.15, 0.2) is 48.5 Å². The Bertz CT molecular complexity index is 782. The van der Waals surface area contributed by atoms with Crippen LogP contribution in [0.1, 0.15) is 6.92 Å². The fourth-order valence-corrected chi connectivity index (χ4v) is 2.36. The van der Waals surface area contributed by atoms with Crippen LogP contribution in [0.5, 0.6) is 11.5 Å². The number of rotatable bonds is 9. The lowest BCUT2D eigenvalue weighted by molar-refractivity contribution is -0.384. The van der Waals surface area contributed by atoms with Gasteiger partial charge in [0.1, 0.15) is 18.1 Å². The molecular weight excluding hydrogens is 350 g/mol. The highest BCUT2D eigenvalue weighted by Gasteiger charge is 2.20. The van der Waals surface area contributed by atoms with Gasteiger partial charge >= 0.3 is 0 Å². The SMILES string of the molecule is COc1ccc([N+](=O)[O-])cc1NC(=O)[C@@H](C)N(C)CCOc1ccccc1. The molecule has 27 heavy (non-hydrogen) atoms. The Kier molecular flexibility index (Phi) is 7.13. The Labute approximate surface area is 157 Å². The van der Waals surface area contributed by atoms with Gasteiger partial charge < -0.3 is 14.8 Å². The quantitative estimate of drug-likeness (QED) is 0.536. The molecule has 2 aromatic rings. The van der Waals surface area contributed by atoms with Crippen molar-refractivity contribution in [3.8, 4) is 11.5 Å². The van der Waals surface area contributed by atoms with E-state index in [2.05, 4.69) is 5.32 Å². The van der Waals surface area contributed by atoms with Crippen LogP contribution in [0.25, 0.3) is 0 Å². The number of amides is 1. The van der Waals surface area contributed by atoms with Gasteiger partial charge in [0.2, 0.25) is 5.91 Å². The predicted molar refractivity (Wildman–Crippen MR) is 102 cm³/mol. The normalized spacial score (nSPS) is 11.7. The van der Waals surface area contributed by atoms with Crippen molar-refractivity contribution in [2.75, 3.05) is 32.6 Å². The van der Waals surface area contributed by atoms with E-state index < -0.39 is 11.0 Å². The standard InChI is InChI=1S/C19H23N3O5/c1-14(21(2)11-12-27-16-7-5-4-6-8-16)19(23)20-17-13-15(22(24)25)9-10-18(17)26-3/h4-10,13-14H,11-12H2,1-3H3,(H,20,23)/t14-/m1/s1. The molecule has 0 heterocycles. The van der Waals surface area contributed by atoms with E-state index in [0.29, 0.717) is 18.9 Å². The highest BCUT2D eigenvalue weighted by atomic mass is 16.6. The van der Waals surface area contributed by atoms with Gasteiger partial charge in [-0.2, -0.15) is 0 Å². The fourth-order valence-electron chi connectivity index (χ4n) is 2.36. The Balaban J connectivity index is 1.94. The van der Waals surface area contributed by atoms with Crippen molar-refractivity contribution in [1.82, 2.24) is 4.90 Å². The van der Waals surface area contributed by atoms with E-state index >= 15 is 0 Å². The lowest BCUT2D eigenvalue weighted by Crippen LogP contribution is -2.41. The summed E-state index contributed by atoms with van der Waals surface area (Å²) in [5.74, 6) is 0.830. The molecule has 8 heteroatoms. The molecule has 0 aliphatic rings. The van der Waals surface area contributed by atoms with Crippen molar-refractivity contribution in [2.45, 2.75) is 13.0 Å². The fraction of sp³-hybridized carbons (Fsp3) is 0.316. The van der Waals surface area contributed by atoms with Crippen molar-refractivity contribution in [3.05, 3.63) is 58.6 Å². The topological polar surface area (TPSA) is 93.9 Å². The van der Waals surface area contributed by atoms with Crippen molar-refractivity contribution < 1.29 is 19.2 Å². The van der Waals surface area contributed by atoms with Gasteiger partial charge in [0.05, 0.1) is 23.8 Å². The molecule has 0 bridgehead atoms. The van der Waals surface area contributed by atoms with E-state index in [-0.39, 0.29) is 17.3 Å². The summed E-state index contributed by atoms with van der Waals surface area (Å²) in [5.41, 5.74) is 0.140. The number of methoxy groups -OCH3 is 1. The van der Waals surface area contributed by atoms with Crippen LogP contribution in [-0.4, -0.2) is 49.1 Å². The summed E-state index contributed by atoms with van der Waals surface area (Å²) in [4.78, 5) is 24.8. The van der Waals surface area contributed by atoms with E-state index in [1.807, 2.05) is 42.3 Å². The van der Waals surface area contributed by atoms with Gasteiger partial charge in [-0.15, -0.1) is 0 Å². The molecule has 0 radical (unpaired) electrons. The number of nitro benzene ring substituents is 1. The first-order valence-electron chi connectivity index (χ1n) is 8.43. The summed E-state index contributed by atoms with van der Waals surface area (Å²) < 4.78 is 10.8. The lowest BCUT2D eigenvalue weighted by atomic mass is 10.2. The summed E-state index contributed by atoms with van der Waals surface area (Å²) >= 11 is 0. The Hall–Kier alpha value is -3.13. The molecule has 1 N–H and O–H groups in total. The maximum atomic E-state index is 12.5. The zero-order chi connectivity index (χ0) is 19.8. The zero-order valence-electron chi connectivity index (χ0n) is 15.5. The number of ether oxygens (including phenoxy) is 2. The lowest BCUT2D eigenvalue weighted by Gasteiger charge is -2.24. The number of carbonyl (C=O) groups is 1. The minimum Gasteiger partial charge on any atom is -0.495 e. The highest BCUT2D eigenvalue weighted by Crippen LogP contribution is 2.29. The largest absolute Gasteiger partial charge is 0.495 e. The molecule has 0 saturated heterocycles. The second kappa shape index (κ2) is 9.54. The second-order valence-corrected chi connectivity index (χ2v) is 5.95. The van der Waals surface area contributed by atoms with Crippen molar-refractivity contribution >= 4 is 17.3 Å². The van der Waals surface area contributed by atoms with E-state index in [9.17, 15) is 14.9 Å². The number of anilines is 1. The number of non-ortho nitro benzene ring substituents is 1. The first-order chi connectivity index (χ1) is 12.9. The van der Waals surface area contributed by atoms with E-state index in [0.717, 1.165) is 5.75 Å². The summed E-state index contributed by atoms with van der Waals surface area (Å²) in [6.45, 7) is 2.72. The van der Waals surface area contributed by atoms with E-state index in [1.165, 1.54) is 25.3 Å².